The van der Waals surface area contributed by atoms with Crippen molar-refractivity contribution < 1.29 is 18.3 Å². The lowest BCUT2D eigenvalue weighted by Gasteiger charge is -2.36. The zero-order chi connectivity index (χ0) is 38.3. The first-order valence-electron chi connectivity index (χ1n) is 17.6. The highest BCUT2D eigenvalue weighted by molar-refractivity contribution is 7.99. The Bertz CT molecular complexity index is 1810. The van der Waals surface area contributed by atoms with Gasteiger partial charge in [-0.3, -0.25) is 19.7 Å². The second-order valence-electron chi connectivity index (χ2n) is 12.6. The molecular weight excluding hydrogens is 714 g/mol. The molecule has 3 aromatic carbocycles. The highest BCUT2D eigenvalue weighted by Crippen LogP contribution is 2.28. The van der Waals surface area contributed by atoms with Gasteiger partial charge in [0.05, 0.1) is 18.8 Å². The molecule has 1 fully saturated rings. The third-order valence-electron chi connectivity index (χ3n) is 9.06. The summed E-state index contributed by atoms with van der Waals surface area (Å²) in [6, 6.07) is 14.8. The van der Waals surface area contributed by atoms with Gasteiger partial charge in [-0.05, 0) is 112 Å². The van der Waals surface area contributed by atoms with Gasteiger partial charge in [-0.1, -0.05) is 49.4 Å². The number of anilines is 3. The molecule has 12 heteroatoms. The van der Waals surface area contributed by atoms with E-state index in [1.807, 2.05) is 36.6 Å². The molecule has 0 saturated carbocycles. The molecule has 4 rings (SSSR count). The number of nitrogens with one attached hydrogen (secondary N) is 1. The molecule has 1 aliphatic rings. The summed E-state index contributed by atoms with van der Waals surface area (Å²) in [5.41, 5.74) is 9.14. The molecule has 282 valence electrons. The second kappa shape index (κ2) is 20.8. The smallest absolute Gasteiger partial charge is 0.255 e. The summed E-state index contributed by atoms with van der Waals surface area (Å²) in [4.78, 5) is 26.8. The number of carbonyl (C=O) groups is 1. The molecule has 0 aromatic heterocycles. The fourth-order valence-corrected chi connectivity index (χ4v) is 6.75. The summed E-state index contributed by atoms with van der Waals surface area (Å²) in [6.07, 6.45) is 12.4. The van der Waals surface area contributed by atoms with Gasteiger partial charge in [-0.15, -0.1) is 11.8 Å². The number of halogens is 3. The number of nitrogen functional groups attached to an aromatic ring is 1. The lowest BCUT2D eigenvalue weighted by Crippen LogP contribution is -2.46. The standard InChI is InChI=1S/C41H49ClF2N6O2S/c1-6-22-52-39(53-5)27-50(34-16-13-31(14-17-34)41(51)48-33-23-28(7-2)40(45)36(44)25-33)38(47-4)26-49-20-18-30(19-21-49)37(46-3)11-9-8-10-29-12-15-32(42)24-35(29)43/h7-9,11-17,23-25,30,39H,2-3,6,10,18-22,26-27,45H2,1,4-5H3,(H,48,51)/b9-8-,37-11-,47-38?. The van der Waals surface area contributed by atoms with Gasteiger partial charge in [-0.25, -0.2) is 8.78 Å². The van der Waals surface area contributed by atoms with Crippen molar-refractivity contribution in [2.24, 2.45) is 15.9 Å². The number of amides is 1. The van der Waals surface area contributed by atoms with E-state index in [2.05, 4.69) is 40.3 Å². The molecule has 0 aliphatic carbocycles. The maximum atomic E-state index is 14.3. The van der Waals surface area contributed by atoms with E-state index in [0.29, 0.717) is 47.8 Å². The lowest BCUT2D eigenvalue weighted by atomic mass is 9.93. The first kappa shape index (κ1) is 41.5. The molecule has 1 saturated heterocycles. The Labute approximate surface area is 321 Å². The van der Waals surface area contributed by atoms with Crippen LogP contribution in [0, 0.1) is 17.6 Å². The Hall–Kier alpha value is -4.29. The van der Waals surface area contributed by atoms with Crippen molar-refractivity contribution >= 4 is 65.0 Å². The zero-order valence-electron chi connectivity index (χ0n) is 30.7. The summed E-state index contributed by atoms with van der Waals surface area (Å²) in [5, 5.41) is 3.14. The number of thioether (sulfide) groups is 1. The fraction of sp³-hybridized carbons (Fsp3) is 0.341. The molecule has 3 N–H and O–H groups in total. The van der Waals surface area contributed by atoms with Crippen LogP contribution in [0.1, 0.15) is 47.7 Å². The molecule has 1 unspecified atom stereocenters. The Morgan fingerprint density at radius 3 is 2.53 bits per heavy atom. The van der Waals surface area contributed by atoms with Crippen LogP contribution in [0.3, 0.4) is 0 Å². The van der Waals surface area contributed by atoms with Crippen LogP contribution < -0.4 is 16.0 Å². The molecule has 1 heterocycles. The third-order valence-corrected chi connectivity index (χ3v) is 10.1. The van der Waals surface area contributed by atoms with E-state index in [0.717, 1.165) is 49.6 Å². The van der Waals surface area contributed by atoms with E-state index >= 15 is 0 Å². The number of amidine groups is 1. The maximum absolute atomic E-state index is 14.3. The normalized spacial score (nSPS) is 15.1. The van der Waals surface area contributed by atoms with Crippen molar-refractivity contribution in [2.75, 3.05) is 62.0 Å². The van der Waals surface area contributed by atoms with Gasteiger partial charge in [-0.2, -0.15) is 0 Å². The quantitative estimate of drug-likeness (QED) is 0.0469. The Balaban J connectivity index is 1.44. The molecule has 3 aromatic rings. The van der Waals surface area contributed by atoms with Crippen molar-refractivity contribution in [1.29, 1.82) is 0 Å². The van der Waals surface area contributed by atoms with E-state index in [4.69, 9.17) is 27.1 Å². The minimum Gasteiger partial charge on any atom is -0.396 e. The van der Waals surface area contributed by atoms with Crippen LogP contribution in [0.25, 0.3) is 6.08 Å². The molecule has 1 amide bonds. The number of likely N-dealkylation sites (tertiary alicyclic amines) is 1. The number of ether oxygens (including phenoxy) is 1. The van der Waals surface area contributed by atoms with Crippen LogP contribution in [0.5, 0.6) is 0 Å². The van der Waals surface area contributed by atoms with Gasteiger partial charge in [0, 0.05) is 52.8 Å². The minimum absolute atomic E-state index is 0.0174. The number of carbonyl (C=O) groups excluding carboxylic acids is 1. The topological polar surface area (TPSA) is 95.5 Å². The van der Waals surface area contributed by atoms with Crippen molar-refractivity contribution in [2.45, 2.75) is 38.0 Å². The van der Waals surface area contributed by atoms with Gasteiger partial charge in [0.15, 0.2) is 0 Å². The first-order chi connectivity index (χ1) is 25.6. The van der Waals surface area contributed by atoms with Gasteiger partial charge < -0.3 is 20.7 Å². The Morgan fingerprint density at radius 1 is 1.17 bits per heavy atom. The monoisotopic (exact) mass is 762 g/mol. The molecule has 1 atom stereocenters. The molecule has 8 nitrogen and oxygen atoms in total. The number of hydrogen-bond donors (Lipinski definition) is 2. The molecule has 53 heavy (non-hydrogen) atoms. The highest BCUT2D eigenvalue weighted by atomic mass is 35.5. The van der Waals surface area contributed by atoms with E-state index < -0.39 is 5.82 Å². The number of rotatable bonds is 17. The number of benzene rings is 3. The predicted molar refractivity (Wildman–Crippen MR) is 221 cm³/mol. The summed E-state index contributed by atoms with van der Waals surface area (Å²) in [7, 11) is 1.80. The van der Waals surface area contributed by atoms with Crippen LogP contribution in [-0.4, -0.2) is 74.9 Å². The highest BCUT2D eigenvalue weighted by Gasteiger charge is 2.26. The van der Waals surface area contributed by atoms with E-state index in [9.17, 15) is 13.6 Å². The molecule has 0 radical (unpaired) electrons. The van der Waals surface area contributed by atoms with Crippen LogP contribution in [0.2, 0.25) is 5.02 Å². The number of hydrogen-bond acceptors (Lipinski definition) is 7. The Morgan fingerprint density at radius 2 is 1.91 bits per heavy atom. The maximum Gasteiger partial charge on any atom is 0.255 e. The molecule has 1 aliphatic heterocycles. The average molecular weight is 763 g/mol. The van der Waals surface area contributed by atoms with Crippen molar-refractivity contribution in [3.8, 4) is 0 Å². The lowest BCUT2D eigenvalue weighted by molar-refractivity contribution is 0.102. The van der Waals surface area contributed by atoms with Crippen LogP contribution >= 0.6 is 23.4 Å². The van der Waals surface area contributed by atoms with Gasteiger partial charge in [0.2, 0.25) is 0 Å². The van der Waals surface area contributed by atoms with Crippen molar-refractivity contribution in [1.82, 2.24) is 4.90 Å². The van der Waals surface area contributed by atoms with Crippen molar-refractivity contribution in [3.63, 3.8) is 0 Å². The van der Waals surface area contributed by atoms with Crippen LogP contribution in [-0.2, 0) is 11.2 Å². The number of piperidine rings is 1. The fourth-order valence-electron chi connectivity index (χ4n) is 6.06. The average Bonchev–Trinajstić information content (AvgIpc) is 3.16. The molecular formula is C41H49ClF2N6O2S. The predicted octanol–water partition coefficient (Wildman–Crippen LogP) is 9.14. The van der Waals surface area contributed by atoms with Crippen LogP contribution in [0.4, 0.5) is 25.8 Å². The summed E-state index contributed by atoms with van der Waals surface area (Å²) < 4.78 is 34.6. The molecule has 0 bridgehead atoms. The minimum atomic E-state index is -0.626. The van der Waals surface area contributed by atoms with Crippen molar-refractivity contribution in [3.05, 3.63) is 118 Å². The zero-order valence-corrected chi connectivity index (χ0v) is 32.2. The van der Waals surface area contributed by atoms with E-state index in [1.54, 1.807) is 49.1 Å². The first-order valence-corrected chi connectivity index (χ1v) is 19.3. The summed E-state index contributed by atoms with van der Waals surface area (Å²) in [5.74, 6) is -0.184. The van der Waals surface area contributed by atoms with Gasteiger partial charge in [0.25, 0.3) is 5.91 Å². The van der Waals surface area contributed by atoms with Gasteiger partial charge in [0.1, 0.15) is 22.9 Å². The van der Waals surface area contributed by atoms with Gasteiger partial charge >= 0.3 is 0 Å². The number of nitrogens with zero attached hydrogens (tertiary/aromatic N) is 4. The molecule has 0 spiro atoms. The summed E-state index contributed by atoms with van der Waals surface area (Å²) in [6.45, 7) is 13.1. The summed E-state index contributed by atoms with van der Waals surface area (Å²) >= 11 is 7.52. The van der Waals surface area contributed by atoms with E-state index in [-0.39, 0.29) is 34.5 Å². The number of nitrogens with two attached hydrogens (primary N) is 1. The largest absolute Gasteiger partial charge is 0.396 e. The Kier molecular flexibility index (Phi) is 16.3. The number of aliphatic imine (C=N–C) groups is 2. The van der Waals surface area contributed by atoms with E-state index in [1.165, 1.54) is 18.2 Å². The third kappa shape index (κ3) is 11.9. The SMILES string of the molecule is C=Cc1cc(NC(=O)c2ccc(N(CC(OCCC)SC)C(CN3CCC(/C(=C/C=C\Cc4ccc(Cl)cc4F)N=C)CC3)=NC)cc2)cc(F)c1N. The van der Waals surface area contributed by atoms with Crippen LogP contribution in [0.15, 0.2) is 95.1 Å². The number of allylic oxidation sites excluding steroid dienone is 4. The second-order valence-corrected chi connectivity index (χ2v) is 14.1.